The van der Waals surface area contributed by atoms with Crippen molar-refractivity contribution in [3.63, 3.8) is 0 Å². The minimum Gasteiger partial charge on any atom is -0.481 e. The third kappa shape index (κ3) is 3.52. The summed E-state index contributed by atoms with van der Waals surface area (Å²) in [5.74, 6) is -0.377. The Morgan fingerprint density at radius 3 is 2.28 bits per heavy atom. The van der Waals surface area contributed by atoms with Crippen LogP contribution in [0.5, 0.6) is 11.8 Å². The molecule has 0 bridgehead atoms. The molecule has 1 heterocycles. The van der Waals surface area contributed by atoms with Crippen LogP contribution in [0.2, 0.25) is 0 Å². The number of nitrogens with two attached hydrogens (primary N) is 1. The molecule has 1 rings (SSSR count). The van der Waals surface area contributed by atoms with Crippen LogP contribution in [0.4, 0.5) is 5.95 Å². The van der Waals surface area contributed by atoms with Gasteiger partial charge in [-0.15, -0.1) is 0 Å². The highest BCUT2D eigenvalue weighted by molar-refractivity contribution is 7.80. The van der Waals surface area contributed by atoms with E-state index in [-0.39, 0.29) is 22.7 Å². The van der Waals surface area contributed by atoms with E-state index in [0.717, 1.165) is 0 Å². The Morgan fingerprint density at radius 2 is 1.89 bits per heavy atom. The van der Waals surface area contributed by atoms with Gasteiger partial charge in [-0.1, -0.05) is 12.2 Å². The van der Waals surface area contributed by atoms with Crippen molar-refractivity contribution in [2.24, 2.45) is 11.7 Å². The molecule has 0 spiro atoms. The van der Waals surface area contributed by atoms with Crippen molar-refractivity contribution in [3.8, 4) is 11.8 Å². The Kier molecular flexibility index (Phi) is 4.78. The van der Waals surface area contributed by atoms with Crippen LogP contribution in [0, 0.1) is 5.92 Å². The highest BCUT2D eigenvalue weighted by atomic mass is 32.1. The normalized spacial score (nSPS) is 11.5. The minimum atomic E-state index is -0.610. The lowest BCUT2D eigenvalue weighted by Crippen LogP contribution is -2.31. The zero-order valence-corrected chi connectivity index (χ0v) is 11.1. The average molecular weight is 270 g/mol. The molecule has 0 aliphatic rings. The number of thiocarbonyl (C=S) groups is 1. The van der Waals surface area contributed by atoms with E-state index in [1.165, 1.54) is 20.3 Å². The predicted molar refractivity (Wildman–Crippen MR) is 69.7 cm³/mol. The Morgan fingerprint density at radius 1 is 1.39 bits per heavy atom. The largest absolute Gasteiger partial charge is 0.481 e. The lowest BCUT2D eigenvalue weighted by atomic mass is 10.2. The second-order valence-electron chi connectivity index (χ2n) is 3.39. The molecule has 0 aromatic carbocycles. The zero-order valence-electron chi connectivity index (χ0n) is 10.3. The molecule has 1 amide bonds. The summed E-state index contributed by atoms with van der Waals surface area (Å²) in [6.45, 7) is 1.59. The first-order valence-electron chi connectivity index (χ1n) is 5.05. The molecule has 1 aromatic rings. The molecule has 0 radical (unpaired) electrons. The van der Waals surface area contributed by atoms with Gasteiger partial charge in [0.2, 0.25) is 23.6 Å². The van der Waals surface area contributed by atoms with Crippen molar-refractivity contribution in [2.45, 2.75) is 6.92 Å². The number of carbonyl (C=O) groups excluding carboxylic acids is 1. The number of methoxy groups -OCH3 is 2. The molecule has 1 aromatic heterocycles. The lowest BCUT2D eigenvalue weighted by molar-refractivity contribution is -0.117. The van der Waals surface area contributed by atoms with E-state index in [1.54, 1.807) is 6.92 Å². The molecule has 1 atom stereocenters. The van der Waals surface area contributed by atoms with E-state index in [4.69, 9.17) is 27.4 Å². The molecule has 7 nitrogen and oxygen atoms in total. The van der Waals surface area contributed by atoms with Gasteiger partial charge < -0.3 is 15.2 Å². The van der Waals surface area contributed by atoms with Crippen LogP contribution in [0.3, 0.4) is 0 Å². The van der Waals surface area contributed by atoms with Crippen LogP contribution in [0.25, 0.3) is 0 Å². The van der Waals surface area contributed by atoms with E-state index in [2.05, 4.69) is 15.3 Å². The fraction of sp³-hybridized carbons (Fsp3) is 0.400. The molecule has 8 heteroatoms. The van der Waals surface area contributed by atoms with Crippen LogP contribution in [0.1, 0.15) is 6.92 Å². The number of nitrogens with zero attached hydrogens (tertiary/aromatic N) is 2. The molecule has 0 aliphatic carbocycles. The number of hydrogen-bond acceptors (Lipinski definition) is 6. The summed E-state index contributed by atoms with van der Waals surface area (Å²) < 4.78 is 9.91. The van der Waals surface area contributed by atoms with Gasteiger partial charge >= 0.3 is 0 Å². The Bertz CT molecular complexity index is 444. The van der Waals surface area contributed by atoms with Crippen molar-refractivity contribution >= 4 is 29.1 Å². The molecule has 0 saturated carbocycles. The maximum Gasteiger partial charge on any atom is 0.236 e. The van der Waals surface area contributed by atoms with E-state index >= 15 is 0 Å². The Labute approximate surface area is 110 Å². The topological polar surface area (TPSA) is 99.4 Å². The number of hydrogen-bond donors (Lipinski definition) is 2. The van der Waals surface area contributed by atoms with Gasteiger partial charge in [-0.05, 0) is 6.92 Å². The summed E-state index contributed by atoms with van der Waals surface area (Å²) >= 11 is 4.73. The van der Waals surface area contributed by atoms with Crippen LogP contribution in [-0.2, 0) is 4.79 Å². The standard InChI is InChI=1S/C10H14N4O3S/c1-5(8(11)18)9(15)14-10-12-6(16-2)4-7(13-10)17-3/h4-5H,1-3H3,(H2,11,18)(H,12,13,14,15). The smallest absolute Gasteiger partial charge is 0.236 e. The van der Waals surface area contributed by atoms with E-state index in [1.807, 2.05) is 0 Å². The van der Waals surface area contributed by atoms with Crippen LogP contribution >= 0.6 is 12.2 Å². The van der Waals surface area contributed by atoms with Gasteiger partial charge in [-0.2, -0.15) is 9.97 Å². The third-order valence-electron chi connectivity index (χ3n) is 2.15. The zero-order chi connectivity index (χ0) is 13.7. The maximum absolute atomic E-state index is 11.7. The highest BCUT2D eigenvalue weighted by Gasteiger charge is 2.17. The van der Waals surface area contributed by atoms with E-state index in [0.29, 0.717) is 0 Å². The minimum absolute atomic E-state index is 0.0688. The van der Waals surface area contributed by atoms with Crippen molar-refractivity contribution in [1.82, 2.24) is 9.97 Å². The van der Waals surface area contributed by atoms with Gasteiger partial charge in [0, 0.05) is 0 Å². The van der Waals surface area contributed by atoms with Gasteiger partial charge in [0.25, 0.3) is 0 Å². The van der Waals surface area contributed by atoms with Crippen molar-refractivity contribution < 1.29 is 14.3 Å². The third-order valence-corrected chi connectivity index (χ3v) is 2.51. The van der Waals surface area contributed by atoms with Gasteiger partial charge in [-0.25, -0.2) is 0 Å². The Hall–Kier alpha value is -1.96. The van der Waals surface area contributed by atoms with Gasteiger partial charge in [-0.3, -0.25) is 10.1 Å². The Balaban J connectivity index is 2.90. The quantitative estimate of drug-likeness (QED) is 0.745. The number of aromatic nitrogens is 2. The van der Waals surface area contributed by atoms with Crippen LogP contribution in [0.15, 0.2) is 6.07 Å². The number of rotatable bonds is 5. The molecule has 0 aliphatic heterocycles. The summed E-state index contributed by atoms with van der Waals surface area (Å²) in [4.78, 5) is 19.7. The SMILES string of the molecule is COc1cc(OC)nc(NC(=O)C(C)C(N)=S)n1. The van der Waals surface area contributed by atoms with Gasteiger partial charge in [0.1, 0.15) is 0 Å². The molecule has 98 valence electrons. The van der Waals surface area contributed by atoms with Crippen molar-refractivity contribution in [1.29, 1.82) is 0 Å². The average Bonchev–Trinajstić information content (AvgIpc) is 2.36. The lowest BCUT2D eigenvalue weighted by Gasteiger charge is -2.10. The van der Waals surface area contributed by atoms with Gasteiger partial charge in [0.15, 0.2) is 0 Å². The number of nitrogens with one attached hydrogen (secondary N) is 1. The summed E-state index contributed by atoms with van der Waals surface area (Å²) in [5.41, 5.74) is 5.38. The van der Waals surface area contributed by atoms with Crippen LogP contribution in [-0.4, -0.2) is 35.1 Å². The number of carbonyl (C=O) groups is 1. The van der Waals surface area contributed by atoms with Crippen LogP contribution < -0.4 is 20.5 Å². The first kappa shape index (κ1) is 14.1. The number of ether oxygens (including phenoxy) is 2. The fourth-order valence-corrected chi connectivity index (χ4v) is 1.12. The number of amides is 1. The summed E-state index contributed by atoms with van der Waals surface area (Å²) in [6, 6.07) is 1.49. The van der Waals surface area contributed by atoms with Crippen molar-refractivity contribution in [2.75, 3.05) is 19.5 Å². The summed E-state index contributed by atoms with van der Waals surface area (Å²) in [7, 11) is 2.90. The monoisotopic (exact) mass is 270 g/mol. The second kappa shape index (κ2) is 6.10. The van der Waals surface area contributed by atoms with E-state index in [9.17, 15) is 4.79 Å². The molecule has 0 fully saturated rings. The molecular weight excluding hydrogens is 256 g/mol. The molecule has 18 heavy (non-hydrogen) atoms. The highest BCUT2D eigenvalue weighted by Crippen LogP contribution is 2.17. The second-order valence-corrected chi connectivity index (χ2v) is 3.86. The molecule has 3 N–H and O–H groups in total. The summed E-state index contributed by atoms with van der Waals surface area (Å²) in [5, 5.41) is 2.48. The first-order chi connectivity index (χ1) is 8.47. The first-order valence-corrected chi connectivity index (χ1v) is 5.46. The number of anilines is 1. The summed E-state index contributed by atoms with van der Waals surface area (Å²) in [6.07, 6.45) is 0. The molecular formula is C10H14N4O3S. The van der Waals surface area contributed by atoms with Gasteiger partial charge in [0.05, 0.1) is 31.2 Å². The van der Waals surface area contributed by atoms with Crippen molar-refractivity contribution in [3.05, 3.63) is 6.07 Å². The predicted octanol–water partition coefficient (Wildman–Crippen LogP) is 0.355. The molecule has 0 saturated heterocycles. The van der Waals surface area contributed by atoms with E-state index < -0.39 is 11.8 Å². The fourth-order valence-electron chi connectivity index (χ4n) is 1.02. The maximum atomic E-state index is 11.7. The molecule has 1 unspecified atom stereocenters.